The Hall–Kier alpha value is -3.65. The summed E-state index contributed by atoms with van der Waals surface area (Å²) in [5, 5.41) is 14.7. The second-order valence-electron chi connectivity index (χ2n) is 9.31. The summed E-state index contributed by atoms with van der Waals surface area (Å²) in [6.07, 6.45) is 5.86. The van der Waals surface area contributed by atoms with Gasteiger partial charge >= 0.3 is 0 Å². The largest absolute Gasteiger partial charge is 0.324 e. The first-order valence-corrected chi connectivity index (χ1v) is 12.4. The molecule has 1 fully saturated rings. The van der Waals surface area contributed by atoms with E-state index in [1.165, 1.54) is 31.4 Å². The highest BCUT2D eigenvalue weighted by atomic mass is 35.5. The summed E-state index contributed by atoms with van der Waals surface area (Å²) in [7, 11) is 0. The molecule has 0 unspecified atom stereocenters. The fraction of sp³-hybridized carbons (Fsp3) is 0.259. The van der Waals surface area contributed by atoms with Crippen LogP contribution in [0.15, 0.2) is 54.6 Å². The van der Waals surface area contributed by atoms with Gasteiger partial charge in [0.25, 0.3) is 0 Å². The van der Waals surface area contributed by atoms with Crippen LogP contribution in [0.25, 0.3) is 44.9 Å². The number of H-pyrrole nitrogens is 1. The van der Waals surface area contributed by atoms with Gasteiger partial charge in [-0.25, -0.2) is 13.8 Å². The molecule has 36 heavy (non-hydrogen) atoms. The second kappa shape index (κ2) is 9.43. The van der Waals surface area contributed by atoms with Crippen LogP contribution in [-0.4, -0.2) is 30.2 Å². The van der Waals surface area contributed by atoms with Crippen molar-refractivity contribution >= 4 is 22.6 Å². The first-order valence-electron chi connectivity index (χ1n) is 12.1. The maximum Gasteiger partial charge on any atom is 0.204 e. The van der Waals surface area contributed by atoms with E-state index >= 15 is 0 Å². The number of rotatable bonds is 5. The standard InChI is InChI=1S/C27H23ClF2N6/c28-19-10-11-20(21(12-19)17-6-8-18(9-7-17)26-32-34-35-33-26)27-31-24-13-22(29)23(30)14-25(24)36(27)15-16-4-2-1-3-5-16/h6-14,16H,1-5,15H2,(H,32,33,34,35). The highest BCUT2D eigenvalue weighted by Gasteiger charge is 2.22. The molecule has 6 nitrogen and oxygen atoms in total. The topological polar surface area (TPSA) is 72.3 Å². The van der Waals surface area contributed by atoms with Crippen molar-refractivity contribution in [1.29, 1.82) is 0 Å². The van der Waals surface area contributed by atoms with E-state index in [1.807, 2.05) is 47.0 Å². The zero-order chi connectivity index (χ0) is 24.6. The Morgan fingerprint density at radius 1 is 0.889 bits per heavy atom. The van der Waals surface area contributed by atoms with E-state index in [9.17, 15) is 8.78 Å². The normalized spacial score (nSPS) is 14.5. The third-order valence-electron chi connectivity index (χ3n) is 6.98. The van der Waals surface area contributed by atoms with Crippen molar-refractivity contribution in [2.24, 2.45) is 5.92 Å². The maximum atomic E-state index is 14.3. The third kappa shape index (κ3) is 4.26. The molecule has 0 amide bonds. The van der Waals surface area contributed by atoms with Crippen molar-refractivity contribution < 1.29 is 8.78 Å². The lowest BCUT2D eigenvalue weighted by Crippen LogP contribution is -2.15. The van der Waals surface area contributed by atoms with Crippen molar-refractivity contribution in [3.63, 3.8) is 0 Å². The van der Waals surface area contributed by atoms with E-state index in [1.54, 1.807) is 0 Å². The number of benzene rings is 3. The van der Waals surface area contributed by atoms with Gasteiger partial charge in [-0.2, -0.15) is 5.21 Å². The van der Waals surface area contributed by atoms with E-state index in [0.717, 1.165) is 35.1 Å². The Morgan fingerprint density at radius 3 is 2.39 bits per heavy atom. The number of fused-ring (bicyclic) bond motifs is 1. The zero-order valence-corrected chi connectivity index (χ0v) is 20.1. The SMILES string of the molecule is Fc1cc2nc(-c3ccc(Cl)cc3-c3ccc(-c4nn[nH]n4)cc3)n(CC3CCCCC3)c2cc1F. The molecule has 0 spiro atoms. The minimum Gasteiger partial charge on any atom is -0.324 e. The third-order valence-corrected chi connectivity index (χ3v) is 7.21. The molecule has 1 saturated carbocycles. The van der Waals surface area contributed by atoms with Gasteiger partial charge in [-0.05, 0) is 53.3 Å². The Labute approximate surface area is 211 Å². The lowest BCUT2D eigenvalue weighted by molar-refractivity contribution is 0.323. The molecule has 2 heterocycles. The number of tetrazole rings is 1. The van der Waals surface area contributed by atoms with E-state index in [2.05, 4.69) is 20.6 Å². The molecule has 0 aliphatic heterocycles. The van der Waals surface area contributed by atoms with Crippen molar-refractivity contribution in [3.05, 3.63) is 71.3 Å². The molecule has 0 radical (unpaired) electrons. The van der Waals surface area contributed by atoms with Crippen molar-refractivity contribution in [2.75, 3.05) is 0 Å². The van der Waals surface area contributed by atoms with Crippen LogP contribution < -0.4 is 0 Å². The van der Waals surface area contributed by atoms with E-state index in [-0.39, 0.29) is 0 Å². The van der Waals surface area contributed by atoms with Crippen LogP contribution in [0, 0.1) is 17.6 Å². The molecular formula is C27H23ClF2N6. The molecule has 2 aromatic heterocycles. The van der Waals surface area contributed by atoms with Crippen LogP contribution in [0.5, 0.6) is 0 Å². The van der Waals surface area contributed by atoms with Gasteiger partial charge in [0, 0.05) is 34.8 Å². The Morgan fingerprint density at radius 2 is 1.64 bits per heavy atom. The molecule has 0 saturated heterocycles. The van der Waals surface area contributed by atoms with Gasteiger partial charge in [0.1, 0.15) is 5.82 Å². The molecule has 6 rings (SSSR count). The van der Waals surface area contributed by atoms with Crippen molar-refractivity contribution in [1.82, 2.24) is 30.2 Å². The number of nitrogens with one attached hydrogen (secondary N) is 1. The minimum absolute atomic E-state index is 0.438. The molecule has 1 N–H and O–H groups in total. The van der Waals surface area contributed by atoms with Crippen LogP contribution in [0.4, 0.5) is 8.78 Å². The molecule has 1 aliphatic carbocycles. The van der Waals surface area contributed by atoms with Crippen molar-refractivity contribution in [2.45, 2.75) is 38.6 Å². The monoisotopic (exact) mass is 504 g/mol. The lowest BCUT2D eigenvalue weighted by Gasteiger charge is -2.23. The van der Waals surface area contributed by atoms with E-state index in [4.69, 9.17) is 16.6 Å². The quantitative estimate of drug-likeness (QED) is 0.278. The van der Waals surface area contributed by atoms with Gasteiger partial charge in [0.2, 0.25) is 5.82 Å². The smallest absolute Gasteiger partial charge is 0.204 e. The van der Waals surface area contributed by atoms with Gasteiger partial charge in [0.15, 0.2) is 11.6 Å². The molecule has 1 aliphatic rings. The van der Waals surface area contributed by atoms with Gasteiger partial charge in [-0.15, -0.1) is 10.2 Å². The number of nitrogens with zero attached hydrogens (tertiary/aromatic N) is 5. The van der Waals surface area contributed by atoms with Crippen LogP contribution in [0.2, 0.25) is 5.02 Å². The molecule has 0 atom stereocenters. The summed E-state index contributed by atoms with van der Waals surface area (Å²) in [6, 6.07) is 15.9. The fourth-order valence-electron chi connectivity index (χ4n) is 5.17. The number of imidazole rings is 1. The number of halogens is 3. The average molecular weight is 505 g/mol. The summed E-state index contributed by atoms with van der Waals surface area (Å²) in [4.78, 5) is 4.81. The van der Waals surface area contributed by atoms with Crippen LogP contribution >= 0.6 is 11.6 Å². The highest BCUT2D eigenvalue weighted by Crippen LogP contribution is 2.38. The van der Waals surface area contributed by atoms with Gasteiger partial charge in [-0.3, -0.25) is 0 Å². The molecular weight excluding hydrogens is 482 g/mol. The Balaban J connectivity index is 1.50. The Kier molecular flexibility index (Phi) is 5.97. The Bertz CT molecular complexity index is 1520. The van der Waals surface area contributed by atoms with Gasteiger partial charge in [-0.1, -0.05) is 55.1 Å². The fourth-order valence-corrected chi connectivity index (χ4v) is 5.34. The summed E-state index contributed by atoms with van der Waals surface area (Å²) in [5.74, 6) is -0.120. The first-order chi connectivity index (χ1) is 17.6. The number of aromatic nitrogens is 6. The molecule has 0 bridgehead atoms. The summed E-state index contributed by atoms with van der Waals surface area (Å²) >= 11 is 6.42. The molecule has 3 aromatic carbocycles. The van der Waals surface area contributed by atoms with E-state index < -0.39 is 11.6 Å². The number of aromatic amines is 1. The lowest BCUT2D eigenvalue weighted by atomic mass is 9.89. The van der Waals surface area contributed by atoms with E-state index in [0.29, 0.717) is 40.2 Å². The van der Waals surface area contributed by atoms with Crippen LogP contribution in [0.3, 0.4) is 0 Å². The van der Waals surface area contributed by atoms with Crippen molar-refractivity contribution in [3.8, 4) is 33.9 Å². The first kappa shape index (κ1) is 22.8. The maximum absolute atomic E-state index is 14.3. The molecule has 182 valence electrons. The summed E-state index contributed by atoms with van der Waals surface area (Å²) in [6.45, 7) is 0.704. The summed E-state index contributed by atoms with van der Waals surface area (Å²) < 4.78 is 30.5. The highest BCUT2D eigenvalue weighted by molar-refractivity contribution is 6.31. The average Bonchev–Trinajstić information content (AvgIpc) is 3.55. The van der Waals surface area contributed by atoms with Crippen LogP contribution in [0.1, 0.15) is 32.1 Å². The predicted octanol–water partition coefficient (Wildman–Crippen LogP) is 7.06. The summed E-state index contributed by atoms with van der Waals surface area (Å²) in [5.41, 5.74) is 4.51. The number of hydrogen-bond acceptors (Lipinski definition) is 4. The predicted molar refractivity (Wildman–Crippen MR) is 135 cm³/mol. The molecule has 9 heteroatoms. The van der Waals surface area contributed by atoms with Crippen LogP contribution in [-0.2, 0) is 6.54 Å². The van der Waals surface area contributed by atoms with Gasteiger partial charge < -0.3 is 4.57 Å². The zero-order valence-electron chi connectivity index (χ0n) is 19.4. The minimum atomic E-state index is -0.898. The second-order valence-corrected chi connectivity index (χ2v) is 9.74. The number of hydrogen-bond donors (Lipinski definition) is 1. The van der Waals surface area contributed by atoms with Gasteiger partial charge in [0.05, 0.1) is 11.0 Å². The molecule has 5 aromatic rings.